The molecule has 0 aromatic carbocycles. The summed E-state index contributed by atoms with van der Waals surface area (Å²) >= 11 is 0. The molecule has 2 rings (SSSR count). The number of carbonyl (C=O) groups is 1. The van der Waals surface area contributed by atoms with Crippen LogP contribution in [0.3, 0.4) is 0 Å². The summed E-state index contributed by atoms with van der Waals surface area (Å²) in [5, 5.41) is 13.5. The Hall–Kier alpha value is -0.810. The van der Waals surface area contributed by atoms with Crippen molar-refractivity contribution in [2.45, 2.75) is 57.6 Å². The van der Waals surface area contributed by atoms with Gasteiger partial charge in [0.2, 0.25) is 0 Å². The van der Waals surface area contributed by atoms with Crippen molar-refractivity contribution in [1.82, 2.24) is 10.2 Å². The lowest BCUT2D eigenvalue weighted by atomic mass is 9.87. The number of aliphatic hydroxyl groups excluding tert-OH is 1. The molecule has 0 spiro atoms. The molecule has 21 heavy (non-hydrogen) atoms. The summed E-state index contributed by atoms with van der Waals surface area (Å²) in [7, 11) is 1.42. The minimum Gasteiger partial charge on any atom is -0.453 e. The van der Waals surface area contributed by atoms with Crippen molar-refractivity contribution in [3.63, 3.8) is 0 Å². The van der Waals surface area contributed by atoms with Crippen LogP contribution in [0.15, 0.2) is 0 Å². The summed E-state index contributed by atoms with van der Waals surface area (Å²) < 4.78 is 4.84. The fraction of sp³-hybridized carbons (Fsp3) is 0.938. The minimum atomic E-state index is -0.392. The Bertz CT molecular complexity index is 329. The van der Waals surface area contributed by atoms with E-state index < -0.39 is 6.10 Å². The molecule has 122 valence electrons. The van der Waals surface area contributed by atoms with E-state index >= 15 is 0 Å². The van der Waals surface area contributed by atoms with E-state index in [-0.39, 0.29) is 18.1 Å². The molecule has 0 aromatic heterocycles. The fourth-order valence-electron chi connectivity index (χ4n) is 3.64. The van der Waals surface area contributed by atoms with Gasteiger partial charge in [-0.1, -0.05) is 19.3 Å². The van der Waals surface area contributed by atoms with Crippen molar-refractivity contribution in [2.75, 3.05) is 26.7 Å². The quantitative estimate of drug-likeness (QED) is 0.833. The van der Waals surface area contributed by atoms with Crippen LogP contribution in [-0.2, 0) is 4.74 Å². The number of hydrogen-bond acceptors (Lipinski definition) is 4. The number of nitrogens with one attached hydrogen (secondary N) is 1. The summed E-state index contributed by atoms with van der Waals surface area (Å²) in [6, 6.07) is 0.263. The number of piperidine rings is 1. The molecule has 3 atom stereocenters. The largest absolute Gasteiger partial charge is 0.453 e. The summed E-state index contributed by atoms with van der Waals surface area (Å²) in [5.41, 5.74) is 0. The highest BCUT2D eigenvalue weighted by atomic mass is 16.5. The molecule has 0 bridgehead atoms. The lowest BCUT2D eigenvalue weighted by molar-refractivity contribution is 0.0418. The molecule has 1 saturated heterocycles. The predicted molar refractivity (Wildman–Crippen MR) is 82.1 cm³/mol. The summed E-state index contributed by atoms with van der Waals surface area (Å²) in [6.45, 7) is 4.12. The molecule has 1 saturated carbocycles. The molecule has 1 aliphatic heterocycles. The van der Waals surface area contributed by atoms with Gasteiger partial charge in [0.15, 0.2) is 0 Å². The van der Waals surface area contributed by atoms with E-state index in [9.17, 15) is 9.90 Å². The third-order valence-electron chi connectivity index (χ3n) is 5.02. The topological polar surface area (TPSA) is 61.8 Å². The number of rotatable bonds is 4. The number of nitrogens with zero attached hydrogens (tertiary/aromatic N) is 1. The number of likely N-dealkylation sites (tertiary alicyclic amines) is 1. The predicted octanol–water partition coefficient (Wildman–Crippen LogP) is 1.99. The monoisotopic (exact) mass is 298 g/mol. The van der Waals surface area contributed by atoms with E-state index in [1.54, 1.807) is 4.90 Å². The van der Waals surface area contributed by atoms with Crippen LogP contribution in [0.4, 0.5) is 4.79 Å². The first-order valence-electron chi connectivity index (χ1n) is 8.34. The summed E-state index contributed by atoms with van der Waals surface area (Å²) in [5.74, 6) is 0.902. The van der Waals surface area contributed by atoms with E-state index in [4.69, 9.17) is 4.74 Å². The highest BCUT2D eigenvalue weighted by Crippen LogP contribution is 2.24. The lowest BCUT2D eigenvalue weighted by Crippen LogP contribution is -2.53. The van der Waals surface area contributed by atoms with E-state index in [1.165, 1.54) is 39.2 Å². The Balaban J connectivity index is 1.85. The van der Waals surface area contributed by atoms with Crippen LogP contribution in [0.5, 0.6) is 0 Å². The average Bonchev–Trinajstić information content (AvgIpc) is 2.52. The second-order valence-electron chi connectivity index (χ2n) is 6.72. The molecule has 5 nitrogen and oxygen atoms in total. The van der Waals surface area contributed by atoms with Gasteiger partial charge in [0, 0.05) is 25.0 Å². The van der Waals surface area contributed by atoms with Crippen molar-refractivity contribution in [3.05, 3.63) is 0 Å². The van der Waals surface area contributed by atoms with E-state index in [0.717, 1.165) is 18.9 Å². The molecule has 5 heteroatoms. The Morgan fingerprint density at radius 2 is 2.05 bits per heavy atom. The molecule has 1 aliphatic carbocycles. The van der Waals surface area contributed by atoms with Crippen molar-refractivity contribution < 1.29 is 14.6 Å². The maximum atomic E-state index is 11.8. The van der Waals surface area contributed by atoms with Crippen molar-refractivity contribution in [1.29, 1.82) is 0 Å². The first-order valence-corrected chi connectivity index (χ1v) is 8.34. The molecule has 3 unspecified atom stereocenters. The SMILES string of the molecule is COC(=O)N1CC(NCC2CCCCC2)CC(C(C)O)C1. The normalized spacial score (nSPS) is 29.2. The minimum absolute atomic E-state index is 0.127. The van der Waals surface area contributed by atoms with Crippen LogP contribution in [0.2, 0.25) is 0 Å². The number of aliphatic hydroxyl groups is 1. The lowest BCUT2D eigenvalue weighted by Gasteiger charge is -2.39. The van der Waals surface area contributed by atoms with Gasteiger partial charge in [-0.05, 0) is 38.6 Å². The van der Waals surface area contributed by atoms with Gasteiger partial charge in [0.25, 0.3) is 0 Å². The summed E-state index contributed by atoms with van der Waals surface area (Å²) in [6.07, 6.45) is 6.96. The molecule has 2 aliphatic rings. The molecule has 0 radical (unpaired) electrons. The van der Waals surface area contributed by atoms with Gasteiger partial charge in [-0.15, -0.1) is 0 Å². The average molecular weight is 298 g/mol. The van der Waals surface area contributed by atoms with Gasteiger partial charge in [-0.3, -0.25) is 0 Å². The van der Waals surface area contributed by atoms with Crippen LogP contribution in [0.1, 0.15) is 45.4 Å². The summed E-state index contributed by atoms with van der Waals surface area (Å²) in [4.78, 5) is 13.5. The van der Waals surface area contributed by atoms with Gasteiger partial charge in [-0.25, -0.2) is 4.79 Å². The number of methoxy groups -OCH3 is 1. The highest BCUT2D eigenvalue weighted by molar-refractivity contribution is 5.67. The molecule has 0 aromatic rings. The van der Waals surface area contributed by atoms with Gasteiger partial charge in [0.05, 0.1) is 13.2 Å². The Morgan fingerprint density at radius 1 is 1.33 bits per heavy atom. The van der Waals surface area contributed by atoms with Gasteiger partial charge < -0.3 is 20.1 Å². The van der Waals surface area contributed by atoms with E-state index in [2.05, 4.69) is 5.32 Å². The maximum Gasteiger partial charge on any atom is 0.409 e. The van der Waals surface area contributed by atoms with Crippen molar-refractivity contribution in [2.24, 2.45) is 11.8 Å². The number of ether oxygens (including phenoxy) is 1. The van der Waals surface area contributed by atoms with Crippen molar-refractivity contribution in [3.8, 4) is 0 Å². The van der Waals surface area contributed by atoms with E-state index in [1.807, 2.05) is 6.92 Å². The number of hydrogen-bond donors (Lipinski definition) is 2. The van der Waals surface area contributed by atoms with Crippen LogP contribution >= 0.6 is 0 Å². The van der Waals surface area contributed by atoms with Gasteiger partial charge in [0.1, 0.15) is 0 Å². The Morgan fingerprint density at radius 3 is 2.67 bits per heavy atom. The van der Waals surface area contributed by atoms with Crippen LogP contribution < -0.4 is 5.32 Å². The smallest absolute Gasteiger partial charge is 0.409 e. The third-order valence-corrected chi connectivity index (χ3v) is 5.02. The first kappa shape index (κ1) is 16.6. The molecule has 2 fully saturated rings. The maximum absolute atomic E-state index is 11.8. The fourth-order valence-corrected chi connectivity index (χ4v) is 3.64. The van der Waals surface area contributed by atoms with Gasteiger partial charge >= 0.3 is 6.09 Å². The molecule has 1 amide bonds. The molecule has 2 N–H and O–H groups in total. The molecular weight excluding hydrogens is 268 g/mol. The van der Waals surface area contributed by atoms with Crippen LogP contribution in [0, 0.1) is 11.8 Å². The molecular formula is C16H30N2O3. The third kappa shape index (κ3) is 4.85. The Kier molecular flexibility index (Phi) is 6.30. The zero-order valence-electron chi connectivity index (χ0n) is 13.4. The Labute approximate surface area is 128 Å². The number of amides is 1. The highest BCUT2D eigenvalue weighted by Gasteiger charge is 2.32. The van der Waals surface area contributed by atoms with Crippen molar-refractivity contribution >= 4 is 6.09 Å². The second kappa shape index (κ2) is 7.99. The standard InChI is InChI=1S/C16H30N2O3/c1-12(19)14-8-15(11-18(10-14)16(20)21-2)17-9-13-6-4-3-5-7-13/h12-15,17,19H,3-11H2,1-2H3. The zero-order chi connectivity index (χ0) is 15.2. The van der Waals surface area contributed by atoms with Gasteiger partial charge in [-0.2, -0.15) is 0 Å². The van der Waals surface area contributed by atoms with Crippen LogP contribution in [0.25, 0.3) is 0 Å². The zero-order valence-corrected chi connectivity index (χ0v) is 13.4. The second-order valence-corrected chi connectivity index (χ2v) is 6.72. The molecule has 1 heterocycles. The first-order chi connectivity index (χ1) is 10.1. The van der Waals surface area contributed by atoms with E-state index in [0.29, 0.717) is 13.1 Å². The number of carbonyl (C=O) groups excluding carboxylic acids is 1. The van der Waals surface area contributed by atoms with Crippen LogP contribution in [-0.4, -0.2) is 55.0 Å².